The lowest BCUT2D eigenvalue weighted by atomic mass is 10.1. The summed E-state index contributed by atoms with van der Waals surface area (Å²) in [5, 5.41) is 0. The van der Waals surface area contributed by atoms with Gasteiger partial charge in [0.05, 0.1) is 12.9 Å². The van der Waals surface area contributed by atoms with Gasteiger partial charge in [-0.25, -0.2) is 0 Å². The first-order valence-electron chi connectivity index (χ1n) is 5.25. The van der Waals surface area contributed by atoms with E-state index < -0.39 is 0 Å². The van der Waals surface area contributed by atoms with Crippen LogP contribution in [-0.4, -0.2) is 7.11 Å². The fraction of sp³-hybridized carbons (Fsp3) is 0.286. The first-order valence-corrected chi connectivity index (χ1v) is 5.25. The Hall–Kier alpha value is -1.50. The molecule has 0 spiro atoms. The van der Waals surface area contributed by atoms with Gasteiger partial charge in [-0.2, -0.15) is 0 Å². The van der Waals surface area contributed by atoms with E-state index in [4.69, 9.17) is 4.74 Å². The van der Waals surface area contributed by atoms with Gasteiger partial charge < -0.3 is 4.74 Å². The third kappa shape index (κ3) is 4.50. The quantitative estimate of drug-likeness (QED) is 0.522. The van der Waals surface area contributed by atoms with E-state index in [0.29, 0.717) is 0 Å². The molecule has 0 N–H and O–H groups in total. The van der Waals surface area contributed by atoms with Crippen LogP contribution < -0.4 is 0 Å². The Morgan fingerprint density at radius 1 is 1.27 bits per heavy atom. The monoisotopic (exact) mass is 202 g/mol. The second-order valence-electron chi connectivity index (χ2n) is 3.34. The zero-order valence-corrected chi connectivity index (χ0v) is 9.44. The van der Waals surface area contributed by atoms with Crippen molar-refractivity contribution >= 4 is 0 Å². The number of hydrogen-bond acceptors (Lipinski definition) is 1. The molecule has 0 amide bonds. The summed E-state index contributed by atoms with van der Waals surface area (Å²) in [6, 6.07) is 10.4. The normalized spacial score (nSPS) is 12.0. The minimum Gasteiger partial charge on any atom is -0.501 e. The van der Waals surface area contributed by atoms with Gasteiger partial charge in [-0.05, 0) is 25.0 Å². The lowest BCUT2D eigenvalue weighted by Crippen LogP contribution is -1.92. The van der Waals surface area contributed by atoms with Gasteiger partial charge in [0, 0.05) is 6.42 Å². The molecule has 0 aromatic heterocycles. The zero-order chi connectivity index (χ0) is 10.9. The maximum absolute atomic E-state index is 5.33. The Bertz CT molecular complexity index is 322. The number of ether oxygens (including phenoxy) is 1. The summed E-state index contributed by atoms with van der Waals surface area (Å²) in [7, 11) is 1.73. The molecule has 0 fully saturated rings. The molecular formula is C14H18O. The molecule has 0 saturated carbocycles. The molecule has 1 aromatic carbocycles. The Balaban J connectivity index is 2.57. The first kappa shape index (κ1) is 11.6. The van der Waals surface area contributed by atoms with E-state index >= 15 is 0 Å². The number of benzene rings is 1. The van der Waals surface area contributed by atoms with Crippen molar-refractivity contribution in [2.75, 3.05) is 7.11 Å². The van der Waals surface area contributed by atoms with E-state index in [2.05, 4.69) is 36.4 Å². The highest BCUT2D eigenvalue weighted by Crippen LogP contribution is 2.09. The summed E-state index contributed by atoms with van der Waals surface area (Å²) in [6.07, 6.45) is 8.09. The standard InChI is InChI=1S/C14H18O/c1-3-4-6-11-14(15-2)12-13-9-7-5-8-10-13/h3-5,7-11H,6,12H2,1-2H3. The van der Waals surface area contributed by atoms with Crippen molar-refractivity contribution in [2.24, 2.45) is 0 Å². The van der Waals surface area contributed by atoms with Crippen molar-refractivity contribution in [3.05, 3.63) is 59.9 Å². The molecule has 0 aliphatic heterocycles. The van der Waals surface area contributed by atoms with Crippen LogP contribution in [0.3, 0.4) is 0 Å². The molecule has 0 bridgehead atoms. The molecule has 0 aliphatic rings. The maximum Gasteiger partial charge on any atom is 0.0962 e. The summed E-state index contributed by atoms with van der Waals surface area (Å²) in [4.78, 5) is 0. The van der Waals surface area contributed by atoms with E-state index in [0.717, 1.165) is 18.6 Å². The molecule has 1 aromatic rings. The molecule has 15 heavy (non-hydrogen) atoms. The summed E-state index contributed by atoms with van der Waals surface area (Å²) < 4.78 is 5.33. The molecule has 1 nitrogen and oxygen atoms in total. The van der Waals surface area contributed by atoms with Gasteiger partial charge in [0.1, 0.15) is 0 Å². The molecule has 80 valence electrons. The van der Waals surface area contributed by atoms with Gasteiger partial charge in [-0.3, -0.25) is 0 Å². The van der Waals surface area contributed by atoms with Crippen molar-refractivity contribution in [1.29, 1.82) is 0 Å². The molecule has 1 heteroatoms. The Labute approximate surface area is 92.1 Å². The first-order chi connectivity index (χ1) is 7.36. The molecule has 0 atom stereocenters. The Morgan fingerprint density at radius 2 is 2.00 bits per heavy atom. The molecular weight excluding hydrogens is 184 g/mol. The third-order valence-corrected chi connectivity index (χ3v) is 2.20. The van der Waals surface area contributed by atoms with Crippen molar-refractivity contribution in [1.82, 2.24) is 0 Å². The van der Waals surface area contributed by atoms with Gasteiger partial charge in [0.25, 0.3) is 0 Å². The summed E-state index contributed by atoms with van der Waals surface area (Å²) in [6.45, 7) is 2.03. The van der Waals surface area contributed by atoms with Crippen LogP contribution in [0.4, 0.5) is 0 Å². The largest absolute Gasteiger partial charge is 0.501 e. The number of hydrogen-bond donors (Lipinski definition) is 0. The van der Waals surface area contributed by atoms with Crippen molar-refractivity contribution in [3.8, 4) is 0 Å². The molecule has 1 rings (SSSR count). The fourth-order valence-electron chi connectivity index (χ4n) is 1.36. The van der Waals surface area contributed by atoms with E-state index in [1.165, 1.54) is 5.56 Å². The predicted octanol–water partition coefficient (Wildman–Crippen LogP) is 3.73. The number of rotatable bonds is 5. The molecule has 0 heterocycles. The Morgan fingerprint density at radius 3 is 2.60 bits per heavy atom. The molecule has 0 radical (unpaired) electrons. The average molecular weight is 202 g/mol. The third-order valence-electron chi connectivity index (χ3n) is 2.20. The molecule has 0 unspecified atom stereocenters. The average Bonchev–Trinajstić information content (AvgIpc) is 2.29. The van der Waals surface area contributed by atoms with Gasteiger partial charge in [0.15, 0.2) is 0 Å². The topological polar surface area (TPSA) is 9.23 Å². The highest BCUT2D eigenvalue weighted by Gasteiger charge is 1.97. The summed E-state index contributed by atoms with van der Waals surface area (Å²) in [5.74, 6) is 1.03. The van der Waals surface area contributed by atoms with Crippen molar-refractivity contribution in [3.63, 3.8) is 0 Å². The van der Waals surface area contributed by atoms with Gasteiger partial charge in [0.2, 0.25) is 0 Å². The highest BCUT2D eigenvalue weighted by atomic mass is 16.5. The van der Waals surface area contributed by atoms with E-state index in [9.17, 15) is 0 Å². The zero-order valence-electron chi connectivity index (χ0n) is 9.44. The number of allylic oxidation sites excluding steroid dienone is 4. The van der Waals surface area contributed by atoms with Crippen LogP contribution in [0.2, 0.25) is 0 Å². The van der Waals surface area contributed by atoms with E-state index in [1.807, 2.05) is 19.1 Å². The van der Waals surface area contributed by atoms with Crippen LogP contribution >= 0.6 is 0 Å². The van der Waals surface area contributed by atoms with Crippen LogP contribution in [0, 0.1) is 0 Å². The second kappa shape index (κ2) is 6.88. The lowest BCUT2D eigenvalue weighted by Gasteiger charge is -2.05. The fourth-order valence-corrected chi connectivity index (χ4v) is 1.36. The van der Waals surface area contributed by atoms with E-state index in [1.54, 1.807) is 7.11 Å². The minimum absolute atomic E-state index is 0.870. The predicted molar refractivity (Wildman–Crippen MR) is 64.7 cm³/mol. The number of methoxy groups -OCH3 is 1. The van der Waals surface area contributed by atoms with Gasteiger partial charge in [-0.15, -0.1) is 0 Å². The van der Waals surface area contributed by atoms with Crippen LogP contribution in [0.25, 0.3) is 0 Å². The van der Waals surface area contributed by atoms with Crippen LogP contribution in [-0.2, 0) is 11.2 Å². The van der Waals surface area contributed by atoms with Crippen molar-refractivity contribution < 1.29 is 4.74 Å². The van der Waals surface area contributed by atoms with Crippen LogP contribution in [0.5, 0.6) is 0 Å². The van der Waals surface area contributed by atoms with Crippen LogP contribution in [0.1, 0.15) is 18.9 Å². The summed E-state index contributed by atoms with van der Waals surface area (Å²) >= 11 is 0. The maximum atomic E-state index is 5.33. The van der Waals surface area contributed by atoms with Crippen molar-refractivity contribution in [2.45, 2.75) is 19.8 Å². The second-order valence-corrected chi connectivity index (χ2v) is 3.34. The molecule has 0 aliphatic carbocycles. The smallest absolute Gasteiger partial charge is 0.0962 e. The molecule has 0 saturated heterocycles. The van der Waals surface area contributed by atoms with E-state index in [-0.39, 0.29) is 0 Å². The van der Waals surface area contributed by atoms with Gasteiger partial charge >= 0.3 is 0 Å². The summed E-state index contributed by atoms with van der Waals surface area (Å²) in [5.41, 5.74) is 1.28. The Kier molecular flexibility index (Phi) is 5.31. The SMILES string of the molecule is CC=CCC=C(Cc1ccccc1)OC. The van der Waals surface area contributed by atoms with Crippen LogP contribution in [0.15, 0.2) is 54.3 Å². The highest BCUT2D eigenvalue weighted by molar-refractivity contribution is 5.19. The minimum atomic E-state index is 0.870. The lowest BCUT2D eigenvalue weighted by molar-refractivity contribution is 0.282. The van der Waals surface area contributed by atoms with Gasteiger partial charge in [-0.1, -0.05) is 42.5 Å².